The molecule has 0 spiro atoms. The Balaban J connectivity index is 1.26. The Labute approximate surface area is 291 Å². The molecule has 242 valence electrons. The lowest BCUT2D eigenvalue weighted by Crippen LogP contribution is -2.18. The molecule has 0 unspecified atom stereocenters. The molecule has 1 nitrogen and oxygen atoms in total. The Hall–Kier alpha value is -5.14. The standard InChI is InChI=1S/C48H45N/c1-30-14-19-38(47(3,4)5)28-45(30)49(46-29-39(48(6,7)8)20-15-31(46)2)40-21-18-35-25-42-43-26-36-22-33(32-12-10-9-11-13-32)16-17-34(36)24-41(43)44(42)27-37(35)23-40/h9-29H,1-8H3. The summed E-state index contributed by atoms with van der Waals surface area (Å²) in [5, 5.41) is 5.11. The first-order chi connectivity index (χ1) is 23.3. The smallest absolute Gasteiger partial charge is 0.0493 e. The van der Waals surface area contributed by atoms with E-state index in [1.807, 2.05) is 0 Å². The monoisotopic (exact) mass is 635 g/mol. The van der Waals surface area contributed by atoms with Gasteiger partial charge in [-0.25, -0.2) is 0 Å². The van der Waals surface area contributed by atoms with Crippen LogP contribution in [0, 0.1) is 13.8 Å². The molecule has 0 saturated carbocycles. The molecule has 0 N–H and O–H groups in total. The van der Waals surface area contributed by atoms with Crippen molar-refractivity contribution in [2.75, 3.05) is 4.90 Å². The van der Waals surface area contributed by atoms with E-state index in [2.05, 4.69) is 188 Å². The molecule has 0 radical (unpaired) electrons. The van der Waals surface area contributed by atoms with Crippen LogP contribution in [0.15, 0.2) is 127 Å². The van der Waals surface area contributed by atoms with Gasteiger partial charge in [0.25, 0.3) is 0 Å². The summed E-state index contributed by atoms with van der Waals surface area (Å²) in [4.78, 5) is 2.50. The topological polar surface area (TPSA) is 3.24 Å². The first-order valence-electron chi connectivity index (χ1n) is 17.6. The van der Waals surface area contributed by atoms with Crippen LogP contribution in [-0.4, -0.2) is 0 Å². The number of nitrogens with zero attached hydrogens (tertiary/aromatic N) is 1. The average Bonchev–Trinajstić information content (AvgIpc) is 3.07. The van der Waals surface area contributed by atoms with E-state index < -0.39 is 0 Å². The number of anilines is 3. The lowest BCUT2D eigenvalue weighted by molar-refractivity contribution is 0.590. The van der Waals surface area contributed by atoms with Gasteiger partial charge in [0.05, 0.1) is 0 Å². The van der Waals surface area contributed by atoms with Crippen LogP contribution in [0.1, 0.15) is 63.8 Å². The highest BCUT2D eigenvalue weighted by Gasteiger charge is 2.26. The van der Waals surface area contributed by atoms with Gasteiger partial charge in [-0.05, 0) is 156 Å². The van der Waals surface area contributed by atoms with E-state index in [1.165, 1.54) is 94.2 Å². The number of benzene rings is 7. The van der Waals surface area contributed by atoms with Crippen molar-refractivity contribution in [1.82, 2.24) is 0 Å². The molecular weight excluding hydrogens is 591 g/mol. The molecule has 0 atom stereocenters. The highest BCUT2D eigenvalue weighted by molar-refractivity contribution is 6.12. The van der Waals surface area contributed by atoms with Crippen LogP contribution in [0.5, 0.6) is 0 Å². The highest BCUT2D eigenvalue weighted by atomic mass is 15.1. The molecule has 8 rings (SSSR count). The van der Waals surface area contributed by atoms with Crippen LogP contribution in [0.25, 0.3) is 54.9 Å². The molecule has 49 heavy (non-hydrogen) atoms. The summed E-state index contributed by atoms with van der Waals surface area (Å²) in [7, 11) is 0. The summed E-state index contributed by atoms with van der Waals surface area (Å²) < 4.78 is 0. The number of rotatable bonds is 4. The number of hydrogen-bond acceptors (Lipinski definition) is 1. The van der Waals surface area contributed by atoms with Crippen LogP contribution >= 0.6 is 0 Å². The first kappa shape index (κ1) is 31.1. The summed E-state index contributed by atoms with van der Waals surface area (Å²) in [6.45, 7) is 18.3. The Morgan fingerprint density at radius 1 is 0.388 bits per heavy atom. The number of hydrogen-bond donors (Lipinski definition) is 0. The third-order valence-electron chi connectivity index (χ3n) is 10.5. The predicted molar refractivity (Wildman–Crippen MR) is 213 cm³/mol. The fraction of sp³-hybridized carbons (Fsp3) is 0.208. The van der Waals surface area contributed by atoms with E-state index in [0.29, 0.717) is 0 Å². The molecule has 1 aliphatic rings. The van der Waals surface area contributed by atoms with Crippen LogP contribution in [0.3, 0.4) is 0 Å². The van der Waals surface area contributed by atoms with Gasteiger partial charge in [0.2, 0.25) is 0 Å². The van der Waals surface area contributed by atoms with E-state index in [4.69, 9.17) is 0 Å². The van der Waals surface area contributed by atoms with Crippen LogP contribution < -0.4 is 4.90 Å². The molecular formula is C48H45N. The van der Waals surface area contributed by atoms with E-state index in [-0.39, 0.29) is 10.8 Å². The van der Waals surface area contributed by atoms with Crippen molar-refractivity contribution in [2.45, 2.75) is 66.2 Å². The van der Waals surface area contributed by atoms with Gasteiger partial charge in [0.15, 0.2) is 0 Å². The lowest BCUT2D eigenvalue weighted by Gasteiger charge is -2.32. The fourth-order valence-corrected chi connectivity index (χ4v) is 7.40. The lowest BCUT2D eigenvalue weighted by atomic mass is 9.77. The first-order valence-corrected chi connectivity index (χ1v) is 17.6. The van der Waals surface area contributed by atoms with Crippen molar-refractivity contribution >= 4 is 38.6 Å². The van der Waals surface area contributed by atoms with Crippen LogP contribution in [0.4, 0.5) is 17.1 Å². The Morgan fingerprint density at radius 2 is 0.857 bits per heavy atom. The van der Waals surface area contributed by atoms with Gasteiger partial charge < -0.3 is 4.90 Å². The maximum absolute atomic E-state index is 2.50. The number of aryl methyl sites for hydroxylation is 2. The summed E-state index contributed by atoms with van der Waals surface area (Å²) in [6, 6.07) is 48.1. The predicted octanol–water partition coefficient (Wildman–Crippen LogP) is 14.0. The second kappa shape index (κ2) is 11.2. The molecule has 0 bridgehead atoms. The van der Waals surface area contributed by atoms with Gasteiger partial charge in [-0.2, -0.15) is 0 Å². The summed E-state index contributed by atoms with van der Waals surface area (Å²) in [5.41, 5.74) is 16.9. The quantitative estimate of drug-likeness (QED) is 0.186. The van der Waals surface area contributed by atoms with Crippen molar-refractivity contribution in [3.63, 3.8) is 0 Å². The molecule has 7 aromatic rings. The molecule has 0 aromatic heterocycles. The van der Waals surface area contributed by atoms with Gasteiger partial charge in [-0.3, -0.25) is 0 Å². The normalized spacial score (nSPS) is 12.5. The van der Waals surface area contributed by atoms with Crippen molar-refractivity contribution < 1.29 is 0 Å². The minimum Gasteiger partial charge on any atom is -0.310 e. The van der Waals surface area contributed by atoms with Crippen molar-refractivity contribution in [3.05, 3.63) is 150 Å². The minimum atomic E-state index is 0.0444. The van der Waals surface area contributed by atoms with Gasteiger partial charge in [-0.15, -0.1) is 0 Å². The van der Waals surface area contributed by atoms with E-state index in [1.54, 1.807) is 0 Å². The molecule has 1 aliphatic carbocycles. The highest BCUT2D eigenvalue weighted by Crippen LogP contribution is 2.51. The fourth-order valence-electron chi connectivity index (χ4n) is 7.40. The summed E-state index contributed by atoms with van der Waals surface area (Å²) in [6.07, 6.45) is 0. The molecule has 0 aliphatic heterocycles. The van der Waals surface area contributed by atoms with Crippen molar-refractivity contribution in [3.8, 4) is 33.4 Å². The molecule has 0 amide bonds. The zero-order chi connectivity index (χ0) is 34.2. The van der Waals surface area contributed by atoms with E-state index >= 15 is 0 Å². The van der Waals surface area contributed by atoms with Crippen LogP contribution in [-0.2, 0) is 10.8 Å². The van der Waals surface area contributed by atoms with Gasteiger partial charge in [-0.1, -0.05) is 114 Å². The average molecular weight is 636 g/mol. The van der Waals surface area contributed by atoms with Gasteiger partial charge in [0.1, 0.15) is 0 Å². The maximum atomic E-state index is 2.50. The Morgan fingerprint density at radius 3 is 1.37 bits per heavy atom. The molecule has 1 heteroatoms. The van der Waals surface area contributed by atoms with Gasteiger partial charge in [0, 0.05) is 17.1 Å². The molecule has 0 fully saturated rings. The zero-order valence-electron chi connectivity index (χ0n) is 30.1. The summed E-state index contributed by atoms with van der Waals surface area (Å²) in [5.74, 6) is 0. The van der Waals surface area contributed by atoms with E-state index in [0.717, 1.165) is 0 Å². The summed E-state index contributed by atoms with van der Waals surface area (Å²) >= 11 is 0. The number of fused-ring (bicyclic) bond motifs is 6. The minimum absolute atomic E-state index is 0.0444. The van der Waals surface area contributed by atoms with Crippen LogP contribution in [0.2, 0.25) is 0 Å². The van der Waals surface area contributed by atoms with Crippen molar-refractivity contribution in [1.29, 1.82) is 0 Å². The Bertz CT molecular complexity index is 2350. The second-order valence-corrected chi connectivity index (χ2v) is 16.1. The largest absolute Gasteiger partial charge is 0.310 e. The maximum Gasteiger partial charge on any atom is 0.0493 e. The van der Waals surface area contributed by atoms with Gasteiger partial charge >= 0.3 is 0 Å². The SMILES string of the molecule is Cc1ccc(C(C)(C)C)cc1N(c1ccc2cc3c(cc2c1)-c1cc2ccc(-c4ccccc4)cc2cc1-3)c1cc(C(C)(C)C)ccc1C. The molecule has 0 saturated heterocycles. The zero-order valence-corrected chi connectivity index (χ0v) is 30.1. The van der Waals surface area contributed by atoms with E-state index in [9.17, 15) is 0 Å². The Kier molecular flexibility index (Phi) is 7.12. The molecule has 0 heterocycles. The second-order valence-electron chi connectivity index (χ2n) is 16.1. The third-order valence-corrected chi connectivity index (χ3v) is 10.5. The molecule has 7 aromatic carbocycles. The third kappa shape index (κ3) is 5.42. The van der Waals surface area contributed by atoms with Crippen molar-refractivity contribution in [2.24, 2.45) is 0 Å².